The van der Waals surface area contributed by atoms with Crippen molar-refractivity contribution in [2.24, 2.45) is 0 Å². The summed E-state index contributed by atoms with van der Waals surface area (Å²) >= 11 is 0. The van der Waals surface area contributed by atoms with Gasteiger partial charge in [0.25, 0.3) is 0 Å². The van der Waals surface area contributed by atoms with Crippen molar-refractivity contribution < 1.29 is 15.0 Å². The number of hydrogen-bond acceptors (Lipinski definition) is 2. The lowest BCUT2D eigenvalue weighted by atomic mass is 9.95. The van der Waals surface area contributed by atoms with Crippen LogP contribution in [0.2, 0.25) is 0 Å². The van der Waals surface area contributed by atoms with E-state index in [0.29, 0.717) is 6.42 Å². The Morgan fingerprint density at radius 1 is 1.40 bits per heavy atom. The molecule has 1 aromatic carbocycles. The number of benzene rings is 1. The normalized spacial score (nSPS) is 14.6. The van der Waals surface area contributed by atoms with Crippen LogP contribution in [0.1, 0.15) is 24.5 Å². The van der Waals surface area contributed by atoms with Gasteiger partial charge in [0, 0.05) is 0 Å². The first-order chi connectivity index (χ1) is 6.93. The molecule has 0 aliphatic rings. The first-order valence-electron chi connectivity index (χ1n) is 4.94. The third-order valence-electron chi connectivity index (χ3n) is 2.60. The van der Waals surface area contributed by atoms with Crippen molar-refractivity contribution in [1.29, 1.82) is 0 Å². The molecule has 0 amide bonds. The molecule has 3 heteroatoms. The minimum absolute atomic E-state index is 0.229. The smallest absolute Gasteiger partial charge is 0.335 e. The maximum Gasteiger partial charge on any atom is 0.335 e. The number of rotatable bonds is 4. The van der Waals surface area contributed by atoms with Crippen molar-refractivity contribution in [2.45, 2.75) is 32.3 Å². The van der Waals surface area contributed by atoms with Gasteiger partial charge in [-0.15, -0.1) is 0 Å². The third kappa shape index (κ3) is 3.06. The predicted octanol–water partition coefficient (Wildman–Crippen LogP) is 1.76. The molecule has 0 bridgehead atoms. The Kier molecular flexibility index (Phi) is 3.48. The third-order valence-corrected chi connectivity index (χ3v) is 2.60. The van der Waals surface area contributed by atoms with Crippen molar-refractivity contribution in [3.05, 3.63) is 35.4 Å². The van der Waals surface area contributed by atoms with Crippen LogP contribution in [0.25, 0.3) is 0 Å². The SMILES string of the molecule is Cc1ccccc1CCC(C)(O)C(=O)O. The molecule has 0 aliphatic carbocycles. The lowest BCUT2D eigenvalue weighted by Gasteiger charge is -2.18. The van der Waals surface area contributed by atoms with Gasteiger partial charge in [-0.3, -0.25) is 0 Å². The summed E-state index contributed by atoms with van der Waals surface area (Å²) in [5.74, 6) is -1.17. The van der Waals surface area contributed by atoms with Crippen LogP contribution in [0.15, 0.2) is 24.3 Å². The number of aliphatic hydroxyl groups is 1. The summed E-state index contributed by atoms with van der Waals surface area (Å²) in [6, 6.07) is 7.78. The minimum Gasteiger partial charge on any atom is -0.479 e. The molecule has 1 aromatic rings. The fourth-order valence-electron chi connectivity index (χ4n) is 1.38. The molecule has 15 heavy (non-hydrogen) atoms. The van der Waals surface area contributed by atoms with Crippen LogP contribution in [0.4, 0.5) is 0 Å². The highest BCUT2D eigenvalue weighted by atomic mass is 16.4. The Hall–Kier alpha value is -1.35. The number of aryl methyl sites for hydroxylation is 2. The molecule has 0 spiro atoms. The zero-order chi connectivity index (χ0) is 11.5. The van der Waals surface area contributed by atoms with Gasteiger partial charge >= 0.3 is 5.97 Å². The number of carbonyl (C=O) groups is 1. The van der Waals surface area contributed by atoms with Gasteiger partial charge in [0.05, 0.1) is 0 Å². The summed E-state index contributed by atoms with van der Waals surface area (Å²) in [5, 5.41) is 18.3. The van der Waals surface area contributed by atoms with Gasteiger partial charge in [-0.05, 0) is 37.8 Å². The zero-order valence-corrected chi connectivity index (χ0v) is 9.03. The second-order valence-corrected chi connectivity index (χ2v) is 4.01. The lowest BCUT2D eigenvalue weighted by Crippen LogP contribution is -2.35. The molecule has 1 unspecified atom stereocenters. The van der Waals surface area contributed by atoms with E-state index in [-0.39, 0.29) is 6.42 Å². The number of carboxylic acids is 1. The van der Waals surface area contributed by atoms with Crippen molar-refractivity contribution in [3.8, 4) is 0 Å². The van der Waals surface area contributed by atoms with Gasteiger partial charge in [-0.25, -0.2) is 4.79 Å². The molecule has 0 saturated heterocycles. The Morgan fingerprint density at radius 2 is 2.00 bits per heavy atom. The first kappa shape index (κ1) is 11.7. The van der Waals surface area contributed by atoms with Gasteiger partial charge in [0.2, 0.25) is 0 Å². The van der Waals surface area contributed by atoms with Gasteiger partial charge in [0.15, 0.2) is 5.60 Å². The minimum atomic E-state index is -1.64. The van der Waals surface area contributed by atoms with Crippen LogP contribution >= 0.6 is 0 Å². The molecular weight excluding hydrogens is 192 g/mol. The second-order valence-electron chi connectivity index (χ2n) is 4.01. The van der Waals surface area contributed by atoms with Crippen molar-refractivity contribution >= 4 is 5.97 Å². The van der Waals surface area contributed by atoms with E-state index in [1.165, 1.54) is 6.92 Å². The largest absolute Gasteiger partial charge is 0.479 e. The molecular formula is C12H16O3. The standard InChI is InChI=1S/C12H16O3/c1-9-5-3-4-6-10(9)7-8-12(2,15)11(13)14/h3-6,15H,7-8H2,1-2H3,(H,13,14). The number of aliphatic carboxylic acids is 1. The predicted molar refractivity (Wildman–Crippen MR) is 57.8 cm³/mol. The first-order valence-corrected chi connectivity index (χ1v) is 4.94. The quantitative estimate of drug-likeness (QED) is 0.792. The molecule has 82 valence electrons. The molecule has 3 nitrogen and oxygen atoms in total. The van der Waals surface area contributed by atoms with Crippen LogP contribution in [0, 0.1) is 6.92 Å². The second kappa shape index (κ2) is 4.45. The molecule has 2 N–H and O–H groups in total. The van der Waals surface area contributed by atoms with Crippen LogP contribution in [-0.4, -0.2) is 21.8 Å². The molecule has 0 aliphatic heterocycles. The fourth-order valence-corrected chi connectivity index (χ4v) is 1.38. The molecule has 0 aromatic heterocycles. The summed E-state index contributed by atoms with van der Waals surface area (Å²) in [7, 11) is 0. The van der Waals surface area contributed by atoms with Crippen LogP contribution in [0.5, 0.6) is 0 Å². The average molecular weight is 208 g/mol. The monoisotopic (exact) mass is 208 g/mol. The van der Waals surface area contributed by atoms with E-state index >= 15 is 0 Å². The Bertz CT molecular complexity index is 356. The van der Waals surface area contributed by atoms with E-state index in [1.807, 2.05) is 31.2 Å². The number of hydrogen-bond donors (Lipinski definition) is 2. The molecule has 0 heterocycles. The summed E-state index contributed by atoms with van der Waals surface area (Å²) in [5.41, 5.74) is 0.570. The van der Waals surface area contributed by atoms with E-state index in [4.69, 9.17) is 5.11 Å². The molecule has 1 rings (SSSR count). The molecule has 1 atom stereocenters. The zero-order valence-electron chi connectivity index (χ0n) is 9.03. The van der Waals surface area contributed by atoms with E-state index in [1.54, 1.807) is 0 Å². The molecule has 0 fully saturated rings. The van der Waals surface area contributed by atoms with E-state index in [0.717, 1.165) is 11.1 Å². The summed E-state index contributed by atoms with van der Waals surface area (Å²) in [6.45, 7) is 3.30. The molecule has 0 saturated carbocycles. The topological polar surface area (TPSA) is 57.5 Å². The summed E-state index contributed by atoms with van der Waals surface area (Å²) < 4.78 is 0. The lowest BCUT2D eigenvalue weighted by molar-refractivity contribution is -0.157. The van der Waals surface area contributed by atoms with Crippen LogP contribution in [-0.2, 0) is 11.2 Å². The fraction of sp³-hybridized carbons (Fsp3) is 0.417. The van der Waals surface area contributed by atoms with Gasteiger partial charge in [-0.2, -0.15) is 0 Å². The van der Waals surface area contributed by atoms with Gasteiger partial charge < -0.3 is 10.2 Å². The Morgan fingerprint density at radius 3 is 2.53 bits per heavy atom. The van der Waals surface area contributed by atoms with E-state index in [2.05, 4.69) is 0 Å². The van der Waals surface area contributed by atoms with Crippen LogP contribution in [0.3, 0.4) is 0 Å². The van der Waals surface area contributed by atoms with Crippen molar-refractivity contribution in [3.63, 3.8) is 0 Å². The summed E-state index contributed by atoms with van der Waals surface area (Å²) in [6.07, 6.45) is 0.805. The van der Waals surface area contributed by atoms with E-state index in [9.17, 15) is 9.90 Å². The Labute approximate surface area is 89.4 Å². The maximum atomic E-state index is 10.7. The molecule has 0 radical (unpaired) electrons. The maximum absolute atomic E-state index is 10.7. The van der Waals surface area contributed by atoms with Crippen LogP contribution < -0.4 is 0 Å². The van der Waals surface area contributed by atoms with Crippen molar-refractivity contribution in [1.82, 2.24) is 0 Å². The van der Waals surface area contributed by atoms with Crippen molar-refractivity contribution in [2.75, 3.05) is 0 Å². The van der Waals surface area contributed by atoms with Gasteiger partial charge in [0.1, 0.15) is 0 Å². The Balaban J connectivity index is 2.66. The summed E-state index contributed by atoms with van der Waals surface area (Å²) in [4.78, 5) is 10.7. The highest BCUT2D eigenvalue weighted by molar-refractivity contribution is 5.76. The highest BCUT2D eigenvalue weighted by Gasteiger charge is 2.29. The number of carboxylic acid groups (broad SMARTS) is 1. The average Bonchev–Trinajstić information content (AvgIpc) is 2.16. The van der Waals surface area contributed by atoms with E-state index < -0.39 is 11.6 Å². The highest BCUT2D eigenvalue weighted by Crippen LogP contribution is 2.16. The van der Waals surface area contributed by atoms with Gasteiger partial charge in [-0.1, -0.05) is 24.3 Å².